The van der Waals surface area contributed by atoms with Crippen molar-refractivity contribution in [2.45, 2.75) is 6.18 Å². The number of rotatable bonds is 4. The SMILES string of the molecule is O=C(O)Oc1cc(-c2nc(-c3ccc(Cl)c(Cl)c3)cs2)ccc1-c1ccc(C(F)(F)F)cc1Cl. The first-order valence-corrected chi connectivity index (χ1v) is 11.4. The lowest BCUT2D eigenvalue weighted by molar-refractivity contribution is -0.137. The number of halogens is 6. The van der Waals surface area contributed by atoms with Crippen molar-refractivity contribution < 1.29 is 27.8 Å². The van der Waals surface area contributed by atoms with E-state index in [0.717, 1.165) is 17.7 Å². The Morgan fingerprint density at radius 3 is 2.24 bits per heavy atom. The number of benzene rings is 3. The van der Waals surface area contributed by atoms with Gasteiger partial charge in [-0.3, -0.25) is 0 Å². The standard InChI is InChI=1S/C23H11Cl3F3NO3S/c24-16-6-2-11(7-18(16)26)19-10-34-21(30-19)12-1-4-15(20(8-12)33-22(31)32)14-5-3-13(9-17(14)25)23(27,28)29/h1-10H,(H,31,32). The number of nitrogens with zero attached hydrogens (tertiary/aromatic N) is 1. The van der Waals surface area contributed by atoms with Crippen LogP contribution in [0.1, 0.15) is 5.56 Å². The van der Waals surface area contributed by atoms with E-state index in [-0.39, 0.29) is 21.9 Å². The van der Waals surface area contributed by atoms with Crippen LogP contribution in [0.15, 0.2) is 60.0 Å². The van der Waals surface area contributed by atoms with Crippen molar-refractivity contribution >= 4 is 52.3 Å². The molecule has 1 aromatic heterocycles. The summed E-state index contributed by atoms with van der Waals surface area (Å²) in [6.45, 7) is 0. The molecular weight excluding hydrogens is 534 g/mol. The molecule has 3 aromatic carbocycles. The summed E-state index contributed by atoms with van der Waals surface area (Å²) in [7, 11) is 0. The second-order valence-corrected chi connectivity index (χ2v) is 9.02. The first-order chi connectivity index (χ1) is 16.0. The van der Waals surface area contributed by atoms with E-state index < -0.39 is 17.9 Å². The Bertz CT molecular complexity index is 1410. The van der Waals surface area contributed by atoms with Gasteiger partial charge in [0.1, 0.15) is 10.8 Å². The van der Waals surface area contributed by atoms with Crippen LogP contribution < -0.4 is 4.74 Å². The normalized spacial score (nSPS) is 11.5. The number of ether oxygens (including phenoxy) is 1. The summed E-state index contributed by atoms with van der Waals surface area (Å²) in [6.07, 6.45) is -6.15. The molecule has 34 heavy (non-hydrogen) atoms. The van der Waals surface area contributed by atoms with Crippen LogP contribution in [-0.4, -0.2) is 16.2 Å². The highest BCUT2D eigenvalue weighted by molar-refractivity contribution is 7.13. The fourth-order valence-electron chi connectivity index (χ4n) is 3.16. The van der Waals surface area contributed by atoms with E-state index in [2.05, 4.69) is 4.98 Å². The van der Waals surface area contributed by atoms with Gasteiger partial charge in [0, 0.05) is 32.7 Å². The Kier molecular flexibility index (Phi) is 6.78. The van der Waals surface area contributed by atoms with Crippen molar-refractivity contribution in [3.63, 3.8) is 0 Å². The maximum Gasteiger partial charge on any atom is 0.511 e. The molecule has 174 valence electrons. The van der Waals surface area contributed by atoms with E-state index in [9.17, 15) is 23.1 Å². The van der Waals surface area contributed by atoms with Gasteiger partial charge in [-0.2, -0.15) is 13.2 Å². The van der Waals surface area contributed by atoms with Gasteiger partial charge in [-0.25, -0.2) is 9.78 Å². The van der Waals surface area contributed by atoms with E-state index in [1.165, 1.54) is 29.5 Å². The van der Waals surface area contributed by atoms with Gasteiger partial charge in [0.05, 0.1) is 21.3 Å². The first kappa shape index (κ1) is 24.3. The van der Waals surface area contributed by atoms with Crippen LogP contribution in [0.25, 0.3) is 33.0 Å². The molecule has 4 nitrogen and oxygen atoms in total. The van der Waals surface area contributed by atoms with Gasteiger partial charge in [-0.1, -0.05) is 53.0 Å². The molecule has 0 unspecified atom stereocenters. The fourth-order valence-corrected chi connectivity index (χ4v) is 4.57. The Hall–Kier alpha value is -2.78. The summed E-state index contributed by atoms with van der Waals surface area (Å²) in [4.78, 5) is 15.8. The molecule has 0 amide bonds. The zero-order valence-electron chi connectivity index (χ0n) is 16.7. The summed E-state index contributed by atoms with van der Waals surface area (Å²) in [5, 5.41) is 12.1. The molecule has 0 aliphatic rings. The van der Waals surface area contributed by atoms with Crippen molar-refractivity contribution in [3.8, 4) is 38.7 Å². The Morgan fingerprint density at radius 2 is 1.59 bits per heavy atom. The maximum atomic E-state index is 13.0. The van der Waals surface area contributed by atoms with E-state index >= 15 is 0 Å². The average molecular weight is 545 g/mol. The molecule has 0 saturated heterocycles. The molecule has 0 bridgehead atoms. The van der Waals surface area contributed by atoms with E-state index in [0.29, 0.717) is 26.3 Å². The Balaban J connectivity index is 1.74. The molecule has 0 atom stereocenters. The average Bonchev–Trinajstić information content (AvgIpc) is 3.25. The van der Waals surface area contributed by atoms with Gasteiger partial charge in [0.15, 0.2) is 0 Å². The molecule has 4 aromatic rings. The van der Waals surface area contributed by atoms with Crippen LogP contribution >= 0.6 is 46.1 Å². The van der Waals surface area contributed by atoms with E-state index in [1.807, 2.05) is 0 Å². The minimum atomic E-state index is -4.57. The molecule has 0 radical (unpaired) electrons. The van der Waals surface area contributed by atoms with Gasteiger partial charge in [-0.15, -0.1) is 11.3 Å². The quantitative estimate of drug-likeness (QED) is 0.205. The molecule has 0 aliphatic carbocycles. The monoisotopic (exact) mass is 543 g/mol. The topological polar surface area (TPSA) is 59.4 Å². The van der Waals surface area contributed by atoms with E-state index in [4.69, 9.17) is 39.5 Å². The van der Waals surface area contributed by atoms with Crippen LogP contribution in [0.5, 0.6) is 5.75 Å². The highest BCUT2D eigenvalue weighted by Gasteiger charge is 2.31. The predicted molar refractivity (Wildman–Crippen MR) is 127 cm³/mol. The summed E-state index contributed by atoms with van der Waals surface area (Å²) < 4.78 is 43.9. The van der Waals surface area contributed by atoms with Crippen molar-refractivity contribution in [3.05, 3.63) is 80.6 Å². The molecular formula is C23H11Cl3F3NO3S. The number of carboxylic acid groups (broad SMARTS) is 1. The van der Waals surface area contributed by atoms with Crippen molar-refractivity contribution in [1.29, 1.82) is 0 Å². The van der Waals surface area contributed by atoms with Gasteiger partial charge in [0.2, 0.25) is 0 Å². The number of thiazole rings is 1. The predicted octanol–water partition coefficient (Wildman–Crippen LogP) is 9.18. The van der Waals surface area contributed by atoms with Gasteiger partial charge >= 0.3 is 12.3 Å². The summed E-state index contributed by atoms with van der Waals surface area (Å²) in [6, 6.07) is 12.5. The highest BCUT2D eigenvalue weighted by Crippen LogP contribution is 2.41. The number of alkyl halides is 3. The lowest BCUT2D eigenvalue weighted by atomic mass is 10.0. The Labute approximate surface area is 210 Å². The molecule has 11 heteroatoms. The van der Waals surface area contributed by atoms with Crippen LogP contribution in [0.3, 0.4) is 0 Å². The lowest BCUT2D eigenvalue weighted by Crippen LogP contribution is -2.06. The van der Waals surface area contributed by atoms with Crippen LogP contribution in [0.4, 0.5) is 18.0 Å². The van der Waals surface area contributed by atoms with Crippen LogP contribution in [0, 0.1) is 0 Å². The summed E-state index contributed by atoms with van der Waals surface area (Å²) in [5.74, 6) is -0.0991. The maximum absolute atomic E-state index is 13.0. The molecule has 1 heterocycles. The largest absolute Gasteiger partial charge is 0.511 e. The van der Waals surface area contributed by atoms with Gasteiger partial charge in [-0.05, 0) is 36.4 Å². The van der Waals surface area contributed by atoms with Crippen molar-refractivity contribution in [2.24, 2.45) is 0 Å². The van der Waals surface area contributed by atoms with Crippen molar-refractivity contribution in [1.82, 2.24) is 4.98 Å². The molecule has 0 aliphatic heterocycles. The highest BCUT2D eigenvalue weighted by atomic mass is 35.5. The Morgan fingerprint density at radius 1 is 0.882 bits per heavy atom. The second kappa shape index (κ2) is 9.46. The first-order valence-electron chi connectivity index (χ1n) is 9.36. The summed E-state index contributed by atoms with van der Waals surface area (Å²) >= 11 is 19.4. The second-order valence-electron chi connectivity index (χ2n) is 6.94. The molecule has 4 rings (SSSR count). The third-order valence-corrected chi connectivity index (χ3v) is 6.68. The third-order valence-electron chi connectivity index (χ3n) is 4.73. The van der Waals surface area contributed by atoms with Crippen LogP contribution in [0.2, 0.25) is 15.1 Å². The molecule has 0 saturated carbocycles. The number of hydrogen-bond acceptors (Lipinski definition) is 4. The smallest absolute Gasteiger partial charge is 0.449 e. The zero-order valence-corrected chi connectivity index (χ0v) is 19.7. The minimum absolute atomic E-state index is 0.0991. The van der Waals surface area contributed by atoms with Crippen molar-refractivity contribution in [2.75, 3.05) is 0 Å². The minimum Gasteiger partial charge on any atom is -0.449 e. The summed E-state index contributed by atoms with van der Waals surface area (Å²) in [5.41, 5.74) is 1.40. The number of hydrogen-bond donors (Lipinski definition) is 1. The van der Waals surface area contributed by atoms with E-state index in [1.54, 1.807) is 29.6 Å². The molecule has 0 fully saturated rings. The third kappa shape index (κ3) is 5.15. The number of carbonyl (C=O) groups is 1. The number of aromatic nitrogens is 1. The van der Waals surface area contributed by atoms with Crippen LogP contribution in [-0.2, 0) is 6.18 Å². The van der Waals surface area contributed by atoms with Gasteiger partial charge < -0.3 is 9.84 Å². The zero-order chi connectivity index (χ0) is 24.6. The van der Waals surface area contributed by atoms with Gasteiger partial charge in [0.25, 0.3) is 0 Å². The lowest BCUT2D eigenvalue weighted by Gasteiger charge is -2.13. The molecule has 1 N–H and O–H groups in total. The molecule has 0 spiro atoms. The fraction of sp³-hybridized carbons (Fsp3) is 0.0435.